The van der Waals surface area contributed by atoms with Gasteiger partial charge in [0.2, 0.25) is 0 Å². The summed E-state index contributed by atoms with van der Waals surface area (Å²) >= 11 is 19.0. The highest BCUT2D eigenvalue weighted by Gasteiger charge is 2.40. The number of ether oxygens (including phenoxy) is 8. The second kappa shape index (κ2) is 41.9. The van der Waals surface area contributed by atoms with Gasteiger partial charge in [-0.15, -0.1) is 0 Å². The monoisotopic (exact) mass is 1720 g/mol. The number of amides is 3. The van der Waals surface area contributed by atoms with Gasteiger partial charge in [-0.25, -0.2) is 27.6 Å². The average molecular weight is 1720 g/mol. The SMILES string of the molecule is COCCCNCCCCOc1ccc(C2c3[nH]c4ccc(Cl)cc4c3CCN2C(=O)Oc2ccc(F)cc2)cc1.O=C(Oc1ccc(F)cc1)N1CCc2c([nH]c3ccc(Cl)cc23)C1c1ccc(OCCCCN2CCCC2)cc1.O=C(Oc1ccc(F)cc1)N1CCc2c([nH]c3ccc(Cl)cc23)C1c1ccc(OCCCCN2CCOCC2)cc1. The topological polar surface area (TPSA) is 201 Å². The van der Waals surface area contributed by atoms with Crippen LogP contribution in [0.3, 0.4) is 0 Å². The maximum atomic E-state index is 13.4. The molecule has 2 saturated heterocycles. The number of rotatable bonds is 28. The van der Waals surface area contributed by atoms with E-state index in [2.05, 4.69) is 30.1 Å². The molecule has 0 bridgehead atoms. The van der Waals surface area contributed by atoms with Crippen LogP contribution in [-0.4, -0.2) is 176 Å². The summed E-state index contributed by atoms with van der Waals surface area (Å²) in [6.45, 7) is 14.3. The molecule has 4 N–H and O–H groups in total. The fourth-order valence-corrected chi connectivity index (χ4v) is 17.2. The number of likely N-dealkylation sites (tertiary alicyclic amines) is 1. The van der Waals surface area contributed by atoms with Crippen LogP contribution in [0.2, 0.25) is 15.1 Å². The molecule has 122 heavy (non-hydrogen) atoms. The number of carbonyl (C=O) groups is 3. The van der Waals surface area contributed by atoms with Gasteiger partial charge in [-0.1, -0.05) is 71.2 Å². The van der Waals surface area contributed by atoms with Gasteiger partial charge in [0.25, 0.3) is 0 Å². The van der Waals surface area contributed by atoms with Crippen molar-refractivity contribution in [1.29, 1.82) is 0 Å². The molecule has 3 aromatic heterocycles. The number of hydrogen-bond donors (Lipinski definition) is 4. The van der Waals surface area contributed by atoms with Gasteiger partial charge in [0.05, 0.1) is 33.0 Å². The Kier molecular flexibility index (Phi) is 29.6. The molecule has 8 heterocycles. The Balaban J connectivity index is 0.000000142. The molecule has 12 aromatic rings. The van der Waals surface area contributed by atoms with Gasteiger partial charge in [-0.3, -0.25) is 19.6 Å². The van der Waals surface area contributed by atoms with Crippen LogP contribution < -0.4 is 33.7 Å². The van der Waals surface area contributed by atoms with Crippen LogP contribution in [0.25, 0.3) is 32.7 Å². The molecule has 3 amide bonds. The summed E-state index contributed by atoms with van der Waals surface area (Å²) in [5, 5.41) is 8.59. The minimum Gasteiger partial charge on any atom is -0.494 e. The van der Waals surface area contributed by atoms with E-state index in [9.17, 15) is 27.6 Å². The quantitative estimate of drug-likeness (QED) is 0.0338. The van der Waals surface area contributed by atoms with Crippen LogP contribution in [0.15, 0.2) is 200 Å². The van der Waals surface area contributed by atoms with Gasteiger partial charge in [0.15, 0.2) is 0 Å². The summed E-state index contributed by atoms with van der Waals surface area (Å²) < 4.78 is 85.7. The smallest absolute Gasteiger partial charge is 0.416 e. The number of fused-ring (bicyclic) bond motifs is 9. The molecule has 9 aromatic carbocycles. The lowest BCUT2D eigenvalue weighted by Gasteiger charge is -2.35. The van der Waals surface area contributed by atoms with Crippen molar-refractivity contribution in [2.45, 2.75) is 95.2 Å². The molecule has 5 aliphatic rings. The summed E-state index contributed by atoms with van der Waals surface area (Å²) in [6.07, 6.45) is 10.3. The Morgan fingerprint density at radius 2 is 0.705 bits per heavy atom. The van der Waals surface area contributed by atoms with Crippen LogP contribution in [-0.2, 0) is 28.7 Å². The molecule has 2 fully saturated rings. The molecule has 3 atom stereocenters. The van der Waals surface area contributed by atoms with Crippen molar-refractivity contribution >= 4 is 85.8 Å². The molecular formula is C96H101Cl3F3N9O11. The number of hydrogen-bond acceptors (Lipinski definition) is 14. The number of nitrogens with one attached hydrogen (secondary N) is 4. The Hall–Kier alpha value is -10.7. The van der Waals surface area contributed by atoms with E-state index in [1.807, 2.05) is 127 Å². The van der Waals surface area contributed by atoms with Crippen molar-refractivity contribution in [1.82, 2.24) is 44.8 Å². The molecule has 0 aliphatic carbocycles. The number of aromatic amines is 3. The van der Waals surface area contributed by atoms with E-state index in [1.165, 1.54) is 98.7 Å². The number of unbranched alkanes of at least 4 members (excludes halogenated alkanes) is 3. The maximum Gasteiger partial charge on any atom is 0.416 e. The van der Waals surface area contributed by atoms with Gasteiger partial charge < -0.3 is 63.1 Å². The summed E-state index contributed by atoms with van der Waals surface area (Å²) in [5.74, 6) is 2.10. The average Bonchev–Trinajstić information content (AvgIpc) is 1.59. The number of nitrogens with zero attached hydrogens (tertiary/aromatic N) is 5. The number of halogens is 6. The standard InChI is InChI=1S/C32H33ClFN3O4.C32H35ClFN3O4.C32H33ClFN3O3/c33-23-5-12-29-28(21-23)27-13-15-37(32(38)41-26-10-6-24(34)7-11-26)31(30(27)35-29)22-3-8-25(9-4-22)40-18-2-1-14-36-16-19-39-20-17-36;1-39-19-4-17-35-16-2-3-20-40-25-10-5-22(6-11-25)31-30-27(28-21-23(33)7-14-29(28)36-30)15-18-37(31)32(38)41-26-12-8-24(34)9-13-26;33-23-7-14-29-28(21-23)27-15-19-37(32(38)40-26-12-8-24(34)9-13-26)31(30(27)35-29)22-5-10-25(11-6-22)39-20-4-3-18-36-16-1-2-17-36/h3-12,21,31,35H,1-2,13-20H2;5-14,21,31,35-36H,2-4,15-20H2,1H3;5-14,21,31,35H,1-4,15-20H2. The minimum atomic E-state index is -0.500. The molecule has 26 heteroatoms. The third-order valence-electron chi connectivity index (χ3n) is 22.9. The lowest BCUT2D eigenvalue weighted by Crippen LogP contribution is -2.42. The Morgan fingerprint density at radius 1 is 0.385 bits per heavy atom. The van der Waals surface area contributed by atoms with Crippen LogP contribution in [0.1, 0.15) is 126 Å². The molecular weight excluding hydrogens is 1620 g/mol. The van der Waals surface area contributed by atoms with E-state index >= 15 is 0 Å². The second-order valence-corrected chi connectivity index (χ2v) is 32.4. The van der Waals surface area contributed by atoms with Gasteiger partial charge in [-0.2, -0.15) is 0 Å². The zero-order chi connectivity index (χ0) is 84.3. The highest BCUT2D eigenvalue weighted by Crippen LogP contribution is 2.44. The first-order chi connectivity index (χ1) is 59.6. The van der Waals surface area contributed by atoms with E-state index < -0.39 is 36.4 Å². The van der Waals surface area contributed by atoms with Crippen molar-refractivity contribution in [3.63, 3.8) is 0 Å². The second-order valence-electron chi connectivity index (χ2n) is 31.1. The molecule has 0 spiro atoms. The fourth-order valence-electron chi connectivity index (χ4n) is 16.7. The van der Waals surface area contributed by atoms with E-state index in [4.69, 9.17) is 72.7 Å². The predicted octanol–water partition coefficient (Wildman–Crippen LogP) is 20.9. The largest absolute Gasteiger partial charge is 0.494 e. The lowest BCUT2D eigenvalue weighted by atomic mass is 9.92. The van der Waals surface area contributed by atoms with Crippen molar-refractivity contribution in [3.8, 4) is 34.5 Å². The number of aromatic nitrogens is 3. The number of carbonyl (C=O) groups excluding carboxylic acids is 3. The zero-order valence-corrected chi connectivity index (χ0v) is 70.6. The van der Waals surface area contributed by atoms with Crippen molar-refractivity contribution in [2.75, 3.05) is 119 Å². The molecule has 5 aliphatic heterocycles. The van der Waals surface area contributed by atoms with E-state index in [0.717, 1.165) is 204 Å². The lowest BCUT2D eigenvalue weighted by molar-refractivity contribution is 0.0368. The number of methoxy groups -OCH3 is 1. The number of morpholine rings is 1. The van der Waals surface area contributed by atoms with Gasteiger partial charge in [0.1, 0.15) is 70.1 Å². The Morgan fingerprint density at radius 3 is 1.05 bits per heavy atom. The van der Waals surface area contributed by atoms with Crippen molar-refractivity contribution < 1.29 is 65.4 Å². The third-order valence-corrected chi connectivity index (χ3v) is 23.6. The predicted molar refractivity (Wildman–Crippen MR) is 470 cm³/mol. The molecule has 17 rings (SSSR count). The molecule has 0 saturated carbocycles. The molecule has 638 valence electrons. The van der Waals surface area contributed by atoms with Gasteiger partial charge in [-0.05, 0) is 313 Å². The first-order valence-electron chi connectivity index (χ1n) is 42.2. The van der Waals surface area contributed by atoms with Crippen molar-refractivity contribution in [2.24, 2.45) is 0 Å². The fraction of sp³-hybridized carbons (Fsp3) is 0.344. The number of benzene rings is 9. The zero-order valence-electron chi connectivity index (χ0n) is 68.3. The first kappa shape index (κ1) is 86.2. The Labute approximate surface area is 723 Å². The normalized spacial score (nSPS) is 16.5. The highest BCUT2D eigenvalue weighted by atomic mass is 35.5. The third kappa shape index (κ3) is 22.0. The number of H-pyrrole nitrogens is 3. The van der Waals surface area contributed by atoms with Crippen LogP contribution in [0, 0.1) is 17.5 Å². The molecule has 0 radical (unpaired) electrons. The summed E-state index contributed by atoms with van der Waals surface area (Å²) in [7, 11) is 1.72. The summed E-state index contributed by atoms with van der Waals surface area (Å²) in [4.78, 5) is 61.0. The summed E-state index contributed by atoms with van der Waals surface area (Å²) in [6, 6.07) is 56.2. The van der Waals surface area contributed by atoms with Crippen LogP contribution in [0.4, 0.5) is 27.6 Å². The van der Waals surface area contributed by atoms with Crippen LogP contribution >= 0.6 is 34.8 Å². The van der Waals surface area contributed by atoms with E-state index in [1.54, 1.807) is 21.8 Å². The van der Waals surface area contributed by atoms with Gasteiger partial charge in [0, 0.05) is 111 Å². The minimum absolute atomic E-state index is 0.290. The highest BCUT2D eigenvalue weighted by molar-refractivity contribution is 6.32. The molecule has 20 nitrogen and oxygen atoms in total. The molecule has 3 unspecified atom stereocenters. The summed E-state index contributed by atoms with van der Waals surface area (Å²) in [5.41, 5.74) is 11.9. The van der Waals surface area contributed by atoms with Gasteiger partial charge >= 0.3 is 18.3 Å². The van der Waals surface area contributed by atoms with Crippen LogP contribution in [0.5, 0.6) is 34.5 Å². The van der Waals surface area contributed by atoms with E-state index in [0.29, 0.717) is 91.0 Å². The van der Waals surface area contributed by atoms with E-state index in [-0.39, 0.29) is 17.5 Å². The van der Waals surface area contributed by atoms with Crippen molar-refractivity contribution in [3.05, 3.63) is 283 Å². The first-order valence-corrected chi connectivity index (χ1v) is 43.3. The maximum absolute atomic E-state index is 13.4. The Bertz CT molecular complexity index is 5460.